The van der Waals surface area contributed by atoms with E-state index >= 15 is 0 Å². The minimum absolute atomic E-state index is 0.225. The van der Waals surface area contributed by atoms with Crippen LogP contribution >= 0.6 is 11.6 Å². The van der Waals surface area contributed by atoms with E-state index in [-0.39, 0.29) is 11.6 Å². The zero-order chi connectivity index (χ0) is 24.6. The first-order valence-electron chi connectivity index (χ1n) is 11.6. The lowest BCUT2D eigenvalue weighted by Gasteiger charge is -2.45. The largest absolute Gasteiger partial charge is 0.478 e. The van der Waals surface area contributed by atoms with Crippen molar-refractivity contribution in [2.45, 2.75) is 72.0 Å². The second-order valence-electron chi connectivity index (χ2n) is 8.90. The number of hydrogen-bond donors (Lipinski definition) is 1. The zero-order valence-corrected chi connectivity index (χ0v) is 21.0. The normalized spacial score (nSPS) is 14.6. The topological polar surface area (TPSA) is 70.0 Å². The van der Waals surface area contributed by atoms with Crippen LogP contribution in [0.2, 0.25) is 5.02 Å². The number of carboxylic acids is 1. The molecule has 0 bridgehead atoms. The van der Waals surface area contributed by atoms with Crippen molar-refractivity contribution < 1.29 is 14.7 Å². The second kappa shape index (κ2) is 12.0. The summed E-state index contributed by atoms with van der Waals surface area (Å²) in [6.45, 7) is 10.4. The Kier molecular flexibility index (Phi) is 9.66. The molecule has 0 aliphatic heterocycles. The molecule has 0 saturated heterocycles. The Labute approximate surface area is 202 Å². The number of nitrogens with zero attached hydrogens (tertiary/aromatic N) is 2. The number of benzene rings is 2. The van der Waals surface area contributed by atoms with Gasteiger partial charge in [-0.2, -0.15) is 0 Å². The Hall–Kier alpha value is -2.66. The van der Waals surface area contributed by atoms with Gasteiger partial charge in [0.15, 0.2) is 0 Å². The number of hydrogen-bond acceptors (Lipinski definition) is 3. The van der Waals surface area contributed by atoms with Crippen molar-refractivity contribution in [1.82, 2.24) is 4.90 Å². The van der Waals surface area contributed by atoms with E-state index in [9.17, 15) is 14.7 Å². The number of amides is 1. The average Bonchev–Trinajstić information content (AvgIpc) is 2.77. The fraction of sp³-hybridized carbons (Fsp3) is 0.444. The highest BCUT2D eigenvalue weighted by Crippen LogP contribution is 2.38. The van der Waals surface area contributed by atoms with Crippen LogP contribution in [0.5, 0.6) is 0 Å². The van der Waals surface area contributed by atoms with E-state index in [2.05, 4.69) is 20.8 Å². The van der Waals surface area contributed by atoms with Gasteiger partial charge in [0.25, 0.3) is 0 Å². The second-order valence-corrected chi connectivity index (χ2v) is 9.34. The van der Waals surface area contributed by atoms with Crippen LogP contribution in [0.4, 0.5) is 0 Å². The van der Waals surface area contributed by atoms with Gasteiger partial charge in [-0.15, -0.1) is 0 Å². The van der Waals surface area contributed by atoms with Crippen LogP contribution in [-0.2, 0) is 4.79 Å². The van der Waals surface area contributed by atoms with Crippen molar-refractivity contribution in [1.29, 1.82) is 0 Å². The lowest BCUT2D eigenvalue weighted by atomic mass is 9.88. The Morgan fingerprint density at radius 3 is 2.30 bits per heavy atom. The molecule has 1 N–H and O–H groups in total. The molecule has 5 nitrogen and oxygen atoms in total. The highest BCUT2D eigenvalue weighted by Gasteiger charge is 2.40. The predicted molar refractivity (Wildman–Crippen MR) is 135 cm³/mol. The van der Waals surface area contributed by atoms with E-state index in [1.807, 2.05) is 43.0 Å². The van der Waals surface area contributed by atoms with Crippen LogP contribution in [0, 0.1) is 5.92 Å². The van der Waals surface area contributed by atoms with Gasteiger partial charge in [0.2, 0.25) is 6.41 Å². The third kappa shape index (κ3) is 6.67. The van der Waals surface area contributed by atoms with Crippen LogP contribution in [0.3, 0.4) is 0 Å². The molecule has 2 atom stereocenters. The number of carbonyl (C=O) groups excluding carboxylic acids is 1. The molecule has 0 aromatic heterocycles. The van der Waals surface area contributed by atoms with Crippen molar-refractivity contribution in [2.24, 2.45) is 10.9 Å². The Balaban J connectivity index is 2.63. The molecule has 1 amide bonds. The first-order valence-corrected chi connectivity index (χ1v) is 11.9. The number of carbonyl (C=O) groups is 2. The molecule has 2 unspecified atom stereocenters. The SMILES string of the molecule is CCCC(CC(C)C)(/N=C(\C)c1cccc(Cl)c1)N(C=O)C(CC)c1ccc(C(=O)O)cc1. The molecule has 0 aliphatic carbocycles. The quantitative estimate of drug-likeness (QED) is 0.268. The molecular weight excluding hydrogens is 436 g/mol. The summed E-state index contributed by atoms with van der Waals surface area (Å²) in [7, 11) is 0. The van der Waals surface area contributed by atoms with Crippen LogP contribution in [0.25, 0.3) is 0 Å². The van der Waals surface area contributed by atoms with E-state index in [0.29, 0.717) is 30.2 Å². The highest BCUT2D eigenvalue weighted by molar-refractivity contribution is 6.31. The maximum Gasteiger partial charge on any atom is 0.335 e. The van der Waals surface area contributed by atoms with Crippen molar-refractivity contribution in [3.63, 3.8) is 0 Å². The van der Waals surface area contributed by atoms with E-state index in [0.717, 1.165) is 29.7 Å². The monoisotopic (exact) mass is 470 g/mol. The number of aromatic carboxylic acids is 1. The third-order valence-corrected chi connectivity index (χ3v) is 6.10. The Morgan fingerprint density at radius 1 is 1.15 bits per heavy atom. The fourth-order valence-corrected chi connectivity index (χ4v) is 4.73. The lowest BCUT2D eigenvalue weighted by molar-refractivity contribution is -0.128. The van der Waals surface area contributed by atoms with Gasteiger partial charge in [-0.1, -0.05) is 70.0 Å². The van der Waals surface area contributed by atoms with Gasteiger partial charge in [0.05, 0.1) is 11.6 Å². The maximum absolute atomic E-state index is 12.7. The van der Waals surface area contributed by atoms with E-state index in [4.69, 9.17) is 16.6 Å². The van der Waals surface area contributed by atoms with Gasteiger partial charge >= 0.3 is 5.97 Å². The standard InChI is InChI=1S/C27H35ClN2O3/c1-6-15-27(17-19(3)4,29-20(5)23-9-8-10-24(28)16-23)30(18-31)25(7-2)21-11-13-22(14-12-21)26(32)33/h8-14,16,18-19,25H,6-7,15,17H2,1-5H3,(H,32,33)/b29-20+. The summed E-state index contributed by atoms with van der Waals surface area (Å²) in [4.78, 5) is 31.0. The molecule has 2 rings (SSSR count). The summed E-state index contributed by atoms with van der Waals surface area (Å²) in [5.74, 6) is -0.662. The van der Waals surface area contributed by atoms with E-state index < -0.39 is 11.6 Å². The van der Waals surface area contributed by atoms with Gasteiger partial charge < -0.3 is 10.0 Å². The fourth-order valence-electron chi connectivity index (χ4n) is 4.54. The summed E-state index contributed by atoms with van der Waals surface area (Å²) in [5.41, 5.74) is 2.15. The third-order valence-electron chi connectivity index (χ3n) is 5.86. The zero-order valence-electron chi connectivity index (χ0n) is 20.2. The minimum atomic E-state index is -0.969. The highest BCUT2D eigenvalue weighted by atomic mass is 35.5. The molecule has 2 aromatic carbocycles. The van der Waals surface area contributed by atoms with Crippen molar-refractivity contribution in [2.75, 3.05) is 0 Å². The van der Waals surface area contributed by atoms with Crippen molar-refractivity contribution in [3.8, 4) is 0 Å². The Bertz CT molecular complexity index is 972. The van der Waals surface area contributed by atoms with Crippen LogP contribution in [-0.4, -0.2) is 33.8 Å². The van der Waals surface area contributed by atoms with Crippen molar-refractivity contribution >= 4 is 29.7 Å². The minimum Gasteiger partial charge on any atom is -0.478 e. The maximum atomic E-state index is 12.7. The smallest absolute Gasteiger partial charge is 0.335 e. The molecular formula is C27H35ClN2O3. The number of halogens is 1. The number of aliphatic imine (C=N–C) groups is 1. The van der Waals surface area contributed by atoms with Crippen LogP contribution in [0.15, 0.2) is 53.5 Å². The molecule has 0 heterocycles. The molecule has 33 heavy (non-hydrogen) atoms. The average molecular weight is 471 g/mol. The first-order chi connectivity index (χ1) is 15.7. The number of rotatable bonds is 12. The lowest BCUT2D eigenvalue weighted by Crippen LogP contribution is -2.50. The predicted octanol–water partition coefficient (Wildman–Crippen LogP) is 7.00. The summed E-state index contributed by atoms with van der Waals surface area (Å²) >= 11 is 6.22. The van der Waals surface area contributed by atoms with Gasteiger partial charge in [-0.3, -0.25) is 9.79 Å². The summed E-state index contributed by atoms with van der Waals surface area (Å²) in [5, 5.41) is 9.90. The summed E-state index contributed by atoms with van der Waals surface area (Å²) in [6.07, 6.45) is 3.87. The van der Waals surface area contributed by atoms with E-state index in [1.165, 1.54) is 0 Å². The molecule has 6 heteroatoms. The summed E-state index contributed by atoms with van der Waals surface area (Å²) in [6, 6.07) is 14.1. The van der Waals surface area contributed by atoms with Gasteiger partial charge in [0.1, 0.15) is 5.66 Å². The summed E-state index contributed by atoms with van der Waals surface area (Å²) < 4.78 is 0. The van der Waals surface area contributed by atoms with Crippen LogP contribution in [0.1, 0.15) is 87.8 Å². The first kappa shape index (κ1) is 26.6. The van der Waals surface area contributed by atoms with E-state index in [1.54, 1.807) is 24.3 Å². The molecule has 178 valence electrons. The van der Waals surface area contributed by atoms with Gasteiger partial charge in [-0.25, -0.2) is 4.79 Å². The van der Waals surface area contributed by atoms with Gasteiger partial charge in [0, 0.05) is 10.7 Å². The molecule has 0 spiro atoms. The molecule has 2 aromatic rings. The van der Waals surface area contributed by atoms with Crippen molar-refractivity contribution in [3.05, 3.63) is 70.2 Å². The molecule has 0 saturated carbocycles. The number of carboxylic acid groups (broad SMARTS) is 1. The van der Waals surface area contributed by atoms with Crippen LogP contribution < -0.4 is 0 Å². The van der Waals surface area contributed by atoms with Gasteiger partial charge in [-0.05, 0) is 67.5 Å². The molecule has 0 radical (unpaired) electrons. The Morgan fingerprint density at radius 2 is 1.82 bits per heavy atom. The molecule has 0 fully saturated rings. The molecule has 0 aliphatic rings.